The second kappa shape index (κ2) is 8.35. The van der Waals surface area contributed by atoms with E-state index in [1.165, 1.54) is 33.8 Å². The predicted molar refractivity (Wildman–Crippen MR) is 122 cm³/mol. The van der Waals surface area contributed by atoms with Gasteiger partial charge in [-0.15, -0.1) is 11.3 Å². The van der Waals surface area contributed by atoms with Gasteiger partial charge in [0.15, 0.2) is 0 Å². The van der Waals surface area contributed by atoms with E-state index < -0.39 is 4.92 Å². The smallest absolute Gasteiger partial charge is 0.269 e. The van der Waals surface area contributed by atoms with Crippen molar-refractivity contribution >= 4 is 43.2 Å². The summed E-state index contributed by atoms with van der Waals surface area (Å²) in [6, 6.07) is 6.55. The van der Waals surface area contributed by atoms with Crippen LogP contribution in [0.15, 0.2) is 36.8 Å². The lowest BCUT2D eigenvalue weighted by molar-refractivity contribution is -0.384. The minimum atomic E-state index is -0.396. The van der Waals surface area contributed by atoms with Crippen molar-refractivity contribution in [3.63, 3.8) is 0 Å². The maximum atomic E-state index is 10.8. The van der Waals surface area contributed by atoms with Crippen molar-refractivity contribution in [2.45, 2.75) is 25.8 Å². The number of nitro groups is 1. The Bertz CT molecular complexity index is 1270. The molecule has 4 aromatic rings. The van der Waals surface area contributed by atoms with Gasteiger partial charge in [0.05, 0.1) is 29.7 Å². The van der Waals surface area contributed by atoms with Gasteiger partial charge < -0.3 is 4.74 Å². The fraction of sp³-hybridized carbons (Fsp3) is 0.286. The summed E-state index contributed by atoms with van der Waals surface area (Å²) >= 11 is 5.16. The SMILES string of the molecule is O=[N+]([O-])c1ccc(CCOc2ncnc3sc4c(c23)CCc2c-4cnn2CCBr)cc1. The highest BCUT2D eigenvalue weighted by atomic mass is 79.9. The predicted octanol–water partition coefficient (Wildman–Crippen LogP) is 4.58. The largest absolute Gasteiger partial charge is 0.477 e. The van der Waals surface area contributed by atoms with Crippen LogP contribution in [0.5, 0.6) is 5.88 Å². The van der Waals surface area contributed by atoms with E-state index in [0.29, 0.717) is 18.9 Å². The Balaban J connectivity index is 1.39. The van der Waals surface area contributed by atoms with Crippen LogP contribution >= 0.6 is 27.3 Å². The number of nitro benzene ring substituents is 1. The van der Waals surface area contributed by atoms with Crippen molar-refractivity contribution < 1.29 is 9.66 Å². The Morgan fingerprint density at radius 2 is 2.06 bits per heavy atom. The first-order valence-corrected chi connectivity index (χ1v) is 11.8. The minimum Gasteiger partial charge on any atom is -0.477 e. The summed E-state index contributed by atoms with van der Waals surface area (Å²) in [7, 11) is 0. The highest BCUT2D eigenvalue weighted by Gasteiger charge is 2.27. The van der Waals surface area contributed by atoms with Crippen LogP contribution in [-0.2, 0) is 25.8 Å². The number of non-ortho nitro benzene ring substituents is 1. The molecular formula is C21H18BrN5O3S. The highest BCUT2D eigenvalue weighted by molar-refractivity contribution is 9.09. The van der Waals surface area contributed by atoms with E-state index in [2.05, 4.69) is 35.7 Å². The van der Waals surface area contributed by atoms with Gasteiger partial charge in [0.1, 0.15) is 11.2 Å². The Hall–Kier alpha value is -2.85. The molecule has 31 heavy (non-hydrogen) atoms. The van der Waals surface area contributed by atoms with Crippen molar-refractivity contribution in [2.24, 2.45) is 0 Å². The summed E-state index contributed by atoms with van der Waals surface area (Å²) in [6.45, 7) is 1.29. The number of fused-ring (bicyclic) bond motifs is 5. The van der Waals surface area contributed by atoms with E-state index >= 15 is 0 Å². The molecule has 0 saturated carbocycles. The molecule has 8 nitrogen and oxygen atoms in total. The third-order valence-corrected chi connectivity index (χ3v) is 6.96. The van der Waals surface area contributed by atoms with Crippen LogP contribution in [0.3, 0.4) is 0 Å². The summed E-state index contributed by atoms with van der Waals surface area (Å²) in [4.78, 5) is 21.4. The van der Waals surface area contributed by atoms with Crippen molar-refractivity contribution in [1.29, 1.82) is 0 Å². The van der Waals surface area contributed by atoms with Crippen molar-refractivity contribution in [3.8, 4) is 16.3 Å². The molecule has 0 saturated heterocycles. The zero-order valence-corrected chi connectivity index (χ0v) is 18.9. The molecule has 0 aliphatic heterocycles. The van der Waals surface area contributed by atoms with E-state index in [1.54, 1.807) is 29.8 Å². The third kappa shape index (κ3) is 3.70. The van der Waals surface area contributed by atoms with E-state index in [-0.39, 0.29) is 5.69 Å². The molecule has 3 aromatic heterocycles. The molecular weight excluding hydrogens is 482 g/mol. The molecule has 0 atom stereocenters. The first kappa shape index (κ1) is 20.1. The zero-order chi connectivity index (χ0) is 21.4. The van der Waals surface area contributed by atoms with Crippen molar-refractivity contribution in [2.75, 3.05) is 11.9 Å². The highest BCUT2D eigenvalue weighted by Crippen LogP contribution is 2.45. The zero-order valence-electron chi connectivity index (χ0n) is 16.5. The maximum Gasteiger partial charge on any atom is 0.269 e. The molecule has 5 rings (SSSR count). The molecule has 1 aliphatic rings. The van der Waals surface area contributed by atoms with E-state index in [1.807, 2.05) is 6.20 Å². The summed E-state index contributed by atoms with van der Waals surface area (Å²) in [5, 5.41) is 17.2. The molecule has 0 radical (unpaired) electrons. The van der Waals surface area contributed by atoms with Gasteiger partial charge in [-0.2, -0.15) is 5.10 Å². The Morgan fingerprint density at radius 3 is 2.84 bits per heavy atom. The standard InChI is InChI=1S/C21H18BrN5O3S/c22-8-9-26-17-6-5-15-18-20(23-12-24-21(18)31-19(15)16(17)11-25-26)30-10-7-13-1-3-14(4-2-13)27(28)29/h1-4,11-12H,5-10H2. The molecule has 0 amide bonds. The lowest BCUT2D eigenvalue weighted by Gasteiger charge is -2.15. The van der Waals surface area contributed by atoms with Crippen LogP contribution in [-0.4, -0.2) is 36.6 Å². The number of hydrogen-bond donors (Lipinski definition) is 0. The second-order valence-electron chi connectivity index (χ2n) is 7.21. The van der Waals surface area contributed by atoms with Gasteiger partial charge in [0, 0.05) is 40.0 Å². The first-order chi connectivity index (χ1) is 15.2. The molecule has 10 heteroatoms. The van der Waals surface area contributed by atoms with Gasteiger partial charge in [0.25, 0.3) is 5.69 Å². The lowest BCUT2D eigenvalue weighted by atomic mass is 9.95. The van der Waals surface area contributed by atoms with Crippen LogP contribution in [0.4, 0.5) is 5.69 Å². The van der Waals surface area contributed by atoms with E-state index in [4.69, 9.17) is 4.74 Å². The van der Waals surface area contributed by atoms with Gasteiger partial charge in [-0.1, -0.05) is 28.1 Å². The summed E-state index contributed by atoms with van der Waals surface area (Å²) in [6.07, 6.45) is 5.97. The number of hydrogen-bond acceptors (Lipinski definition) is 7. The number of thiophene rings is 1. The minimum absolute atomic E-state index is 0.0888. The fourth-order valence-corrected chi connectivity index (χ4v) is 5.51. The van der Waals surface area contributed by atoms with Gasteiger partial charge in [-0.05, 0) is 24.0 Å². The molecule has 158 valence electrons. The normalized spacial score (nSPS) is 12.5. The summed E-state index contributed by atoms with van der Waals surface area (Å²) < 4.78 is 8.13. The monoisotopic (exact) mass is 499 g/mol. The topological polar surface area (TPSA) is 96.0 Å². The number of aromatic nitrogens is 4. The second-order valence-corrected chi connectivity index (χ2v) is 9.00. The average Bonchev–Trinajstić information content (AvgIpc) is 3.36. The number of ether oxygens (including phenoxy) is 1. The van der Waals surface area contributed by atoms with Crippen molar-refractivity contribution in [3.05, 3.63) is 63.7 Å². The van der Waals surface area contributed by atoms with Gasteiger partial charge in [-0.25, -0.2) is 9.97 Å². The van der Waals surface area contributed by atoms with Crippen LogP contribution in [0, 0.1) is 10.1 Å². The Morgan fingerprint density at radius 1 is 1.23 bits per heavy atom. The molecule has 3 heterocycles. The molecule has 0 spiro atoms. The first-order valence-electron chi connectivity index (χ1n) is 9.89. The van der Waals surface area contributed by atoms with Crippen LogP contribution in [0.1, 0.15) is 16.8 Å². The lowest BCUT2D eigenvalue weighted by Crippen LogP contribution is -2.10. The van der Waals surface area contributed by atoms with Crippen LogP contribution in [0.25, 0.3) is 20.7 Å². The third-order valence-electron chi connectivity index (χ3n) is 5.43. The molecule has 1 aromatic carbocycles. The van der Waals surface area contributed by atoms with Crippen LogP contribution < -0.4 is 4.74 Å². The number of alkyl halides is 1. The molecule has 0 N–H and O–H groups in total. The number of rotatable bonds is 7. The van der Waals surface area contributed by atoms with E-state index in [0.717, 1.165) is 40.5 Å². The van der Waals surface area contributed by atoms with Gasteiger partial charge >= 0.3 is 0 Å². The molecule has 0 fully saturated rings. The molecule has 0 unspecified atom stereocenters. The quantitative estimate of drug-likeness (QED) is 0.210. The average molecular weight is 500 g/mol. The van der Waals surface area contributed by atoms with Crippen LogP contribution in [0.2, 0.25) is 0 Å². The number of nitrogens with zero attached hydrogens (tertiary/aromatic N) is 5. The molecule has 0 bridgehead atoms. The van der Waals surface area contributed by atoms with Gasteiger partial charge in [0.2, 0.25) is 5.88 Å². The number of halogens is 1. The summed E-state index contributed by atoms with van der Waals surface area (Å²) in [5.41, 5.74) is 4.75. The molecule has 1 aliphatic carbocycles. The Labute approximate surface area is 190 Å². The number of aryl methyl sites for hydroxylation is 2. The number of benzene rings is 1. The van der Waals surface area contributed by atoms with E-state index in [9.17, 15) is 10.1 Å². The summed E-state index contributed by atoms with van der Waals surface area (Å²) in [5.74, 6) is 0.598. The van der Waals surface area contributed by atoms with Gasteiger partial charge in [-0.3, -0.25) is 14.8 Å². The Kier molecular flexibility index (Phi) is 5.41. The fourth-order valence-electron chi connectivity index (χ4n) is 3.96. The maximum absolute atomic E-state index is 10.8. The van der Waals surface area contributed by atoms with Crippen molar-refractivity contribution in [1.82, 2.24) is 19.7 Å².